The zero-order chi connectivity index (χ0) is 23.0. The number of ether oxygens (including phenoxy) is 1. The lowest BCUT2D eigenvalue weighted by Gasteiger charge is -2.28. The van der Waals surface area contributed by atoms with Crippen molar-refractivity contribution in [3.8, 4) is 0 Å². The molecule has 0 aliphatic rings. The van der Waals surface area contributed by atoms with E-state index in [0.717, 1.165) is 43.2 Å². The lowest BCUT2D eigenvalue weighted by atomic mass is 10.0. The maximum Gasteiger partial charge on any atom is 0.407 e. The SMILES string of the molecule is CN=C(NCCc1cn2ccccc2n1)N(C)CCC(NC(=O)OC(C)(C)C)C(C)C. The van der Waals surface area contributed by atoms with E-state index in [-0.39, 0.29) is 12.1 Å². The fraction of sp³-hybridized carbons (Fsp3) is 0.609. The molecule has 1 unspecified atom stereocenters. The first-order valence-electron chi connectivity index (χ1n) is 10.9. The van der Waals surface area contributed by atoms with Gasteiger partial charge >= 0.3 is 6.09 Å². The molecule has 0 radical (unpaired) electrons. The molecule has 0 aromatic carbocycles. The minimum absolute atomic E-state index is 0.0216. The molecular weight excluding hydrogens is 392 g/mol. The number of carbonyl (C=O) groups is 1. The number of hydrogen-bond acceptors (Lipinski definition) is 4. The van der Waals surface area contributed by atoms with Crippen LogP contribution in [0.4, 0.5) is 4.79 Å². The third-order valence-electron chi connectivity index (χ3n) is 4.93. The summed E-state index contributed by atoms with van der Waals surface area (Å²) >= 11 is 0. The van der Waals surface area contributed by atoms with Crippen LogP contribution in [0.3, 0.4) is 0 Å². The Kier molecular flexibility index (Phi) is 8.71. The van der Waals surface area contributed by atoms with E-state index in [2.05, 4.69) is 45.6 Å². The van der Waals surface area contributed by atoms with Crippen LogP contribution < -0.4 is 10.6 Å². The summed E-state index contributed by atoms with van der Waals surface area (Å²) < 4.78 is 7.43. The molecular formula is C23H38N6O2. The van der Waals surface area contributed by atoms with Crippen molar-refractivity contribution in [1.82, 2.24) is 24.9 Å². The van der Waals surface area contributed by atoms with Crippen LogP contribution in [0.15, 0.2) is 35.6 Å². The number of aromatic nitrogens is 2. The van der Waals surface area contributed by atoms with Crippen LogP contribution in [0.5, 0.6) is 0 Å². The maximum atomic E-state index is 12.2. The van der Waals surface area contributed by atoms with E-state index in [9.17, 15) is 4.79 Å². The summed E-state index contributed by atoms with van der Waals surface area (Å²) in [6.07, 6.45) is 5.29. The highest BCUT2D eigenvalue weighted by molar-refractivity contribution is 5.79. The molecule has 8 nitrogen and oxygen atoms in total. The molecule has 0 aliphatic carbocycles. The number of guanidine groups is 1. The van der Waals surface area contributed by atoms with Gasteiger partial charge in [0.25, 0.3) is 0 Å². The van der Waals surface area contributed by atoms with Gasteiger partial charge in [0.05, 0.1) is 5.69 Å². The predicted octanol–water partition coefficient (Wildman–Crippen LogP) is 3.32. The van der Waals surface area contributed by atoms with Crippen molar-refractivity contribution in [3.63, 3.8) is 0 Å². The normalized spacial score (nSPS) is 13.4. The molecule has 0 saturated carbocycles. The van der Waals surface area contributed by atoms with E-state index in [4.69, 9.17) is 4.74 Å². The molecule has 1 amide bonds. The fourth-order valence-corrected chi connectivity index (χ4v) is 3.26. The summed E-state index contributed by atoms with van der Waals surface area (Å²) in [5, 5.41) is 6.41. The Labute approximate surface area is 186 Å². The second-order valence-electron chi connectivity index (χ2n) is 9.13. The van der Waals surface area contributed by atoms with Crippen LogP contribution >= 0.6 is 0 Å². The number of alkyl carbamates (subject to hydrolysis) is 1. The first-order chi connectivity index (χ1) is 14.6. The van der Waals surface area contributed by atoms with E-state index in [0.29, 0.717) is 5.92 Å². The molecule has 2 N–H and O–H groups in total. The van der Waals surface area contributed by atoms with Gasteiger partial charge in [-0.15, -0.1) is 0 Å². The highest BCUT2D eigenvalue weighted by Gasteiger charge is 2.22. The summed E-state index contributed by atoms with van der Waals surface area (Å²) in [7, 11) is 3.79. The predicted molar refractivity (Wildman–Crippen MR) is 126 cm³/mol. The number of carbonyl (C=O) groups excluding carboxylic acids is 1. The van der Waals surface area contributed by atoms with Crippen LogP contribution in [0, 0.1) is 5.92 Å². The molecule has 0 aliphatic heterocycles. The minimum atomic E-state index is -0.505. The molecule has 0 spiro atoms. The molecule has 8 heteroatoms. The Morgan fingerprint density at radius 3 is 2.68 bits per heavy atom. The summed E-state index contributed by atoms with van der Waals surface area (Å²) in [6, 6.07) is 6.01. The van der Waals surface area contributed by atoms with E-state index in [1.165, 1.54) is 0 Å². The van der Waals surface area contributed by atoms with E-state index in [1.807, 2.05) is 56.6 Å². The van der Waals surface area contributed by atoms with Crippen LogP contribution in [0.1, 0.15) is 46.7 Å². The van der Waals surface area contributed by atoms with Crippen molar-refractivity contribution in [2.45, 2.75) is 59.1 Å². The molecule has 0 bridgehead atoms. The van der Waals surface area contributed by atoms with Gasteiger partial charge in [0, 0.05) is 52.0 Å². The van der Waals surface area contributed by atoms with Gasteiger partial charge in [-0.2, -0.15) is 0 Å². The Morgan fingerprint density at radius 2 is 2.06 bits per heavy atom. The van der Waals surface area contributed by atoms with Gasteiger partial charge in [0.15, 0.2) is 5.96 Å². The number of aliphatic imine (C=N–C) groups is 1. The fourth-order valence-electron chi connectivity index (χ4n) is 3.26. The number of amides is 1. The maximum absolute atomic E-state index is 12.2. The van der Waals surface area contributed by atoms with Crippen molar-refractivity contribution < 1.29 is 9.53 Å². The highest BCUT2D eigenvalue weighted by atomic mass is 16.6. The summed E-state index contributed by atoms with van der Waals surface area (Å²) in [4.78, 5) is 23.3. The molecule has 2 heterocycles. The number of hydrogen-bond donors (Lipinski definition) is 2. The van der Waals surface area contributed by atoms with Crippen molar-refractivity contribution in [2.24, 2.45) is 10.9 Å². The number of fused-ring (bicyclic) bond motifs is 1. The summed E-state index contributed by atoms with van der Waals surface area (Å²) in [6.45, 7) is 11.3. The van der Waals surface area contributed by atoms with E-state index in [1.54, 1.807) is 7.05 Å². The minimum Gasteiger partial charge on any atom is -0.444 e. The standard InChI is InChI=1S/C23H38N6O2/c1-17(2)19(27-22(30)31-23(3,4)5)12-15-28(7)21(24-6)25-13-11-18-16-29-14-9-8-10-20(29)26-18/h8-10,14,16-17,19H,11-13,15H2,1-7H3,(H,24,25)(H,27,30). The highest BCUT2D eigenvalue weighted by Crippen LogP contribution is 2.11. The zero-order valence-corrected chi connectivity index (χ0v) is 20.0. The Bertz CT molecular complexity index is 835. The van der Waals surface area contributed by atoms with Gasteiger partial charge in [-0.1, -0.05) is 19.9 Å². The second-order valence-corrected chi connectivity index (χ2v) is 9.13. The Morgan fingerprint density at radius 1 is 1.32 bits per heavy atom. The number of rotatable bonds is 8. The quantitative estimate of drug-likeness (QED) is 0.496. The number of imidazole rings is 1. The molecule has 172 valence electrons. The molecule has 31 heavy (non-hydrogen) atoms. The Hall–Kier alpha value is -2.77. The van der Waals surface area contributed by atoms with Gasteiger partial charge < -0.3 is 24.7 Å². The Balaban J connectivity index is 1.82. The van der Waals surface area contributed by atoms with Crippen molar-refractivity contribution in [2.75, 3.05) is 27.2 Å². The first kappa shape index (κ1) is 24.5. The van der Waals surface area contributed by atoms with Gasteiger partial charge in [0.1, 0.15) is 11.2 Å². The third-order valence-corrected chi connectivity index (χ3v) is 4.93. The van der Waals surface area contributed by atoms with Gasteiger partial charge in [-0.25, -0.2) is 9.78 Å². The number of pyridine rings is 1. The molecule has 2 aromatic rings. The van der Waals surface area contributed by atoms with Crippen molar-refractivity contribution >= 4 is 17.7 Å². The van der Waals surface area contributed by atoms with Crippen molar-refractivity contribution in [1.29, 1.82) is 0 Å². The monoisotopic (exact) mass is 430 g/mol. The number of nitrogens with one attached hydrogen (secondary N) is 2. The first-order valence-corrected chi connectivity index (χ1v) is 10.9. The molecule has 0 saturated heterocycles. The molecule has 0 fully saturated rings. The molecule has 2 aromatic heterocycles. The zero-order valence-electron chi connectivity index (χ0n) is 20.0. The van der Waals surface area contributed by atoms with Gasteiger partial charge in [-0.05, 0) is 45.2 Å². The topological polar surface area (TPSA) is 83.3 Å². The average Bonchev–Trinajstić information content (AvgIpc) is 3.09. The van der Waals surface area contributed by atoms with Crippen LogP contribution in [-0.2, 0) is 11.2 Å². The van der Waals surface area contributed by atoms with Crippen molar-refractivity contribution in [3.05, 3.63) is 36.3 Å². The van der Waals surface area contributed by atoms with E-state index < -0.39 is 5.60 Å². The van der Waals surface area contributed by atoms with E-state index >= 15 is 0 Å². The van der Waals surface area contributed by atoms with Crippen LogP contribution in [0.2, 0.25) is 0 Å². The van der Waals surface area contributed by atoms with Gasteiger partial charge in [0.2, 0.25) is 0 Å². The average molecular weight is 431 g/mol. The summed E-state index contributed by atoms with van der Waals surface area (Å²) in [5.41, 5.74) is 1.49. The van der Waals surface area contributed by atoms with Crippen LogP contribution in [-0.4, -0.2) is 65.2 Å². The third kappa shape index (κ3) is 8.11. The lowest BCUT2D eigenvalue weighted by molar-refractivity contribution is 0.0486. The van der Waals surface area contributed by atoms with Crippen LogP contribution in [0.25, 0.3) is 5.65 Å². The largest absolute Gasteiger partial charge is 0.444 e. The van der Waals surface area contributed by atoms with Gasteiger partial charge in [-0.3, -0.25) is 4.99 Å². The lowest BCUT2D eigenvalue weighted by Crippen LogP contribution is -2.45. The summed E-state index contributed by atoms with van der Waals surface area (Å²) in [5.74, 6) is 1.12. The smallest absolute Gasteiger partial charge is 0.407 e. The second kappa shape index (κ2) is 11.0. The number of nitrogens with zero attached hydrogens (tertiary/aromatic N) is 4. The molecule has 1 atom stereocenters. The molecule has 2 rings (SSSR count).